The first-order valence-electron chi connectivity index (χ1n) is 14.0. The maximum absolute atomic E-state index is 10.8. The van der Waals surface area contributed by atoms with Crippen LogP contribution < -0.4 is 0 Å². The Labute approximate surface area is 270 Å². The minimum atomic E-state index is -0.878. The fourth-order valence-electron chi connectivity index (χ4n) is 4.23. The van der Waals surface area contributed by atoms with E-state index in [0.717, 1.165) is 28.0 Å². The second-order valence-electron chi connectivity index (χ2n) is 9.82. The van der Waals surface area contributed by atoms with Crippen molar-refractivity contribution in [3.05, 3.63) is 163 Å². The quantitative estimate of drug-likeness (QED) is 0.148. The Bertz CT molecular complexity index is 1760. The average molecular weight is 631 g/mol. The van der Waals surface area contributed by atoms with Crippen LogP contribution in [0.3, 0.4) is 0 Å². The first-order chi connectivity index (χ1) is 21.3. The van der Waals surface area contributed by atoms with Crippen molar-refractivity contribution in [3.63, 3.8) is 0 Å². The molecule has 2 N–H and O–H groups in total. The molecule has 0 heterocycles. The van der Waals surface area contributed by atoms with Crippen LogP contribution in [-0.2, 0) is 19.2 Å². The predicted octanol–water partition coefficient (Wildman–Crippen LogP) is 9.72. The van der Waals surface area contributed by atoms with Crippen LogP contribution in [0.4, 0.5) is 0 Å². The number of hydrogen-bond acceptors (Lipinski definition) is 2. The molecule has 7 rings (SSSR count). The van der Waals surface area contributed by atoms with Crippen molar-refractivity contribution in [1.82, 2.24) is 0 Å². The Hall–Kier alpha value is -4.42. The summed E-state index contributed by atoms with van der Waals surface area (Å²) in [5.74, 6) is -1.76. The largest absolute Gasteiger partial charge is 0.478 e. The molecule has 44 heavy (non-hydrogen) atoms. The summed E-state index contributed by atoms with van der Waals surface area (Å²) in [6, 6.07) is 40.1. The summed E-state index contributed by atoms with van der Waals surface area (Å²) in [7, 11) is 0. The minimum Gasteiger partial charge on any atom is -0.478 e. The van der Waals surface area contributed by atoms with E-state index in [1.807, 2.05) is 72.8 Å². The number of rotatable bonds is 2. The van der Waals surface area contributed by atoms with E-state index in [9.17, 15) is 9.59 Å². The number of aromatic carboxylic acids is 2. The van der Waals surface area contributed by atoms with Crippen molar-refractivity contribution in [1.29, 1.82) is 0 Å². The molecule has 0 spiro atoms. The van der Waals surface area contributed by atoms with Gasteiger partial charge in [-0.15, -0.1) is 36.1 Å². The van der Waals surface area contributed by atoms with E-state index in [-0.39, 0.29) is 6.19 Å². The summed E-state index contributed by atoms with van der Waals surface area (Å²) < 4.78 is 0. The van der Waals surface area contributed by atoms with Crippen LogP contribution in [0, 0.1) is 6.08 Å². The number of fused-ring (bicyclic) bond motifs is 3. The number of carboxylic acid groups (broad SMARTS) is 2. The zero-order chi connectivity index (χ0) is 31.7. The van der Waals surface area contributed by atoms with E-state index in [2.05, 4.69) is 86.9 Å². The van der Waals surface area contributed by atoms with Crippen molar-refractivity contribution in [2.24, 2.45) is 0 Å². The van der Waals surface area contributed by atoms with Crippen molar-refractivity contribution in [2.75, 3.05) is 0 Å². The summed E-state index contributed by atoms with van der Waals surface area (Å²) in [5, 5.41) is 23.9. The van der Waals surface area contributed by atoms with E-state index in [1.165, 1.54) is 10.8 Å². The van der Waals surface area contributed by atoms with Gasteiger partial charge in [-0.25, -0.2) is 21.7 Å². The molecule has 4 nitrogen and oxygen atoms in total. The Morgan fingerprint density at radius 2 is 1.14 bits per heavy atom. The topological polar surface area (TPSA) is 74.6 Å². The molecule has 218 valence electrons. The molecular weight excluding hydrogens is 596 g/mol. The normalized spacial score (nSPS) is 10.7. The monoisotopic (exact) mass is 630 g/mol. The van der Waals surface area contributed by atoms with Gasteiger partial charge < -0.3 is 10.2 Å². The molecule has 0 aromatic heterocycles. The van der Waals surface area contributed by atoms with Crippen molar-refractivity contribution in [3.8, 4) is 0 Å². The van der Waals surface area contributed by atoms with Gasteiger partial charge in [0.05, 0.1) is 11.1 Å². The maximum Gasteiger partial charge on any atom is 0.336 e. The molecular formula is C38H34O4SiTi. The van der Waals surface area contributed by atoms with Gasteiger partial charge in [0.1, 0.15) is 0 Å². The first kappa shape index (κ1) is 34.1. The molecule has 6 heteroatoms. The van der Waals surface area contributed by atoms with Crippen LogP contribution in [-0.4, -0.2) is 28.3 Å². The van der Waals surface area contributed by atoms with Gasteiger partial charge in [-0.1, -0.05) is 78.9 Å². The molecule has 6 aromatic rings. The Morgan fingerprint density at radius 1 is 0.682 bits per heavy atom. The van der Waals surface area contributed by atoms with Gasteiger partial charge in [-0.05, 0) is 33.7 Å². The van der Waals surface area contributed by atoms with Crippen molar-refractivity contribution in [2.45, 2.75) is 19.5 Å². The Balaban J connectivity index is 0.000000160. The SMILES string of the molecule is C[Si](C)=[Ti+2].O=C(O)c1cccc2ccccc12.O=C(O)c1cccc2ccccc12.[C-]1=CC=CC1.c1ccc2[cH-]ccc2c1. The third-order valence-corrected chi connectivity index (χ3v) is 6.17. The molecule has 0 bridgehead atoms. The third-order valence-electron chi connectivity index (χ3n) is 6.17. The Morgan fingerprint density at radius 3 is 1.55 bits per heavy atom. The molecule has 6 aromatic carbocycles. The van der Waals surface area contributed by atoms with E-state index >= 15 is 0 Å². The molecule has 0 radical (unpaired) electrons. The number of hydrogen-bond donors (Lipinski definition) is 2. The zero-order valence-corrected chi connectivity index (χ0v) is 27.3. The van der Waals surface area contributed by atoms with Gasteiger partial charge >= 0.3 is 50.4 Å². The fraction of sp³-hybridized carbons (Fsp3) is 0.0789. The number of carboxylic acids is 2. The van der Waals surface area contributed by atoms with Crippen LogP contribution in [0.15, 0.2) is 146 Å². The van der Waals surface area contributed by atoms with Crippen LogP contribution in [0.1, 0.15) is 27.1 Å². The molecule has 1 aliphatic carbocycles. The number of allylic oxidation sites excluding steroid dienone is 4. The second-order valence-corrected chi connectivity index (χ2v) is 16.5. The summed E-state index contributed by atoms with van der Waals surface area (Å²) >= 11 is 2.27. The molecule has 0 fully saturated rings. The number of carbonyl (C=O) groups is 2. The molecule has 1 aliphatic rings. The molecule has 0 aliphatic heterocycles. The van der Waals surface area contributed by atoms with E-state index in [1.54, 1.807) is 24.3 Å². The van der Waals surface area contributed by atoms with Crippen LogP contribution in [0.25, 0.3) is 32.3 Å². The summed E-state index contributed by atoms with van der Waals surface area (Å²) in [5.41, 5.74) is 0.719. The molecule has 0 unspecified atom stereocenters. The van der Waals surface area contributed by atoms with Gasteiger partial charge in [0.15, 0.2) is 0 Å². The predicted molar refractivity (Wildman–Crippen MR) is 180 cm³/mol. The van der Waals surface area contributed by atoms with Gasteiger partial charge in [0.2, 0.25) is 0 Å². The summed E-state index contributed by atoms with van der Waals surface area (Å²) in [6.07, 6.45) is 10.1. The van der Waals surface area contributed by atoms with Gasteiger partial charge in [-0.2, -0.15) is 23.6 Å². The maximum atomic E-state index is 10.8. The Kier molecular flexibility index (Phi) is 14.2. The number of benzene rings is 5. The van der Waals surface area contributed by atoms with Crippen molar-refractivity contribution >= 4 is 50.4 Å². The third kappa shape index (κ3) is 11.0. The van der Waals surface area contributed by atoms with Crippen LogP contribution >= 0.6 is 0 Å². The second kappa shape index (κ2) is 18.3. The minimum absolute atomic E-state index is 0.120. The van der Waals surface area contributed by atoms with E-state index < -0.39 is 11.9 Å². The first-order valence-corrected chi connectivity index (χ1v) is 18.9. The molecule has 0 atom stereocenters. The van der Waals surface area contributed by atoms with Gasteiger partial charge in [0.25, 0.3) is 0 Å². The smallest absolute Gasteiger partial charge is 0.336 e. The van der Waals surface area contributed by atoms with Crippen LogP contribution in [0.2, 0.25) is 13.1 Å². The van der Waals surface area contributed by atoms with Gasteiger partial charge in [0, 0.05) is 0 Å². The van der Waals surface area contributed by atoms with Crippen LogP contribution in [0.5, 0.6) is 0 Å². The fourth-order valence-corrected chi connectivity index (χ4v) is 4.23. The van der Waals surface area contributed by atoms with Crippen molar-refractivity contribution < 1.29 is 39.0 Å². The molecule has 0 saturated heterocycles. The molecule has 0 amide bonds. The summed E-state index contributed by atoms with van der Waals surface area (Å²) in [6.45, 7) is 4.54. The summed E-state index contributed by atoms with van der Waals surface area (Å²) in [4.78, 5) is 21.6. The molecule has 0 saturated carbocycles. The zero-order valence-electron chi connectivity index (χ0n) is 24.8. The van der Waals surface area contributed by atoms with Gasteiger partial charge in [-0.3, -0.25) is 6.08 Å². The standard InChI is InChI=1S/2C11H8O2.C9H7.C5H5.C2H6Si.Ti/c2*12-11(13)10-7-3-5-8-4-1-2-6-9(8)10;1-2-5-9-7-3-6-8(9)4-1;1-2-4-5-3-1;1-3-2;/h2*1-7H,(H,12,13);1-7H;1-3H,4H2;1-2H3;/q;;2*-1;;+2. The van der Waals surface area contributed by atoms with E-state index in [0.29, 0.717) is 11.1 Å². The average Bonchev–Trinajstić information content (AvgIpc) is 3.77. The van der Waals surface area contributed by atoms with E-state index in [4.69, 9.17) is 10.2 Å².